The molecular formula is C23H22N2O2. The largest absolute Gasteiger partial charge is 0.318 e. The van der Waals surface area contributed by atoms with E-state index in [0.29, 0.717) is 17.9 Å². The van der Waals surface area contributed by atoms with Gasteiger partial charge in [-0.3, -0.25) is 14.5 Å². The number of amides is 2. The van der Waals surface area contributed by atoms with Gasteiger partial charge in [0, 0.05) is 11.4 Å². The molecule has 27 heavy (non-hydrogen) atoms. The minimum Gasteiger partial charge on any atom is -0.318 e. The van der Waals surface area contributed by atoms with Crippen molar-refractivity contribution in [3.05, 3.63) is 95.6 Å². The Hall–Kier alpha value is -3.40. The Balaban J connectivity index is 1.86. The van der Waals surface area contributed by atoms with E-state index in [1.807, 2.05) is 86.6 Å². The van der Waals surface area contributed by atoms with Crippen molar-refractivity contribution >= 4 is 23.2 Å². The van der Waals surface area contributed by atoms with Crippen LogP contribution < -0.4 is 10.2 Å². The Morgan fingerprint density at radius 2 is 1.44 bits per heavy atom. The van der Waals surface area contributed by atoms with Crippen LogP contribution in [0.2, 0.25) is 0 Å². The lowest BCUT2D eigenvalue weighted by molar-refractivity contribution is -0.134. The van der Waals surface area contributed by atoms with Gasteiger partial charge in [-0.15, -0.1) is 0 Å². The first-order valence-corrected chi connectivity index (χ1v) is 8.84. The van der Waals surface area contributed by atoms with E-state index in [4.69, 9.17) is 0 Å². The molecule has 4 heteroatoms. The maximum Gasteiger partial charge on any atom is 0.316 e. The lowest BCUT2D eigenvalue weighted by atomic mass is 10.1. The van der Waals surface area contributed by atoms with E-state index >= 15 is 0 Å². The average molecular weight is 358 g/mol. The molecule has 0 bridgehead atoms. The standard InChI is InChI=1S/C23H22N2O2/c1-17-10-9-15-21(18(17)2)24-22(26)23(27)25(20-13-7-4-8-14-20)16-19-11-5-3-6-12-19/h3-15H,16H2,1-2H3,(H,24,26). The summed E-state index contributed by atoms with van der Waals surface area (Å²) in [6.45, 7) is 4.22. The summed E-state index contributed by atoms with van der Waals surface area (Å²) in [5.74, 6) is -1.24. The van der Waals surface area contributed by atoms with Crippen LogP contribution in [0.25, 0.3) is 0 Å². The fraction of sp³-hybridized carbons (Fsp3) is 0.130. The molecule has 0 radical (unpaired) electrons. The van der Waals surface area contributed by atoms with Crippen molar-refractivity contribution < 1.29 is 9.59 Å². The van der Waals surface area contributed by atoms with Gasteiger partial charge in [-0.25, -0.2) is 0 Å². The first kappa shape index (κ1) is 18.4. The van der Waals surface area contributed by atoms with Crippen LogP contribution in [-0.4, -0.2) is 11.8 Å². The number of nitrogens with one attached hydrogen (secondary N) is 1. The Morgan fingerprint density at radius 3 is 2.11 bits per heavy atom. The highest BCUT2D eigenvalue weighted by Gasteiger charge is 2.24. The second-order valence-electron chi connectivity index (χ2n) is 6.41. The van der Waals surface area contributed by atoms with Crippen molar-refractivity contribution in [2.45, 2.75) is 20.4 Å². The molecule has 4 nitrogen and oxygen atoms in total. The number of aryl methyl sites for hydroxylation is 1. The molecule has 0 heterocycles. The normalized spacial score (nSPS) is 10.3. The summed E-state index contributed by atoms with van der Waals surface area (Å²) in [6, 6.07) is 24.5. The molecule has 136 valence electrons. The van der Waals surface area contributed by atoms with Crippen molar-refractivity contribution in [1.82, 2.24) is 0 Å². The Bertz CT molecular complexity index is 937. The van der Waals surface area contributed by atoms with Gasteiger partial charge in [0.2, 0.25) is 0 Å². The van der Waals surface area contributed by atoms with Crippen molar-refractivity contribution in [3.8, 4) is 0 Å². The predicted molar refractivity (Wildman–Crippen MR) is 109 cm³/mol. The summed E-state index contributed by atoms with van der Waals surface area (Å²) in [6.07, 6.45) is 0. The first-order valence-electron chi connectivity index (χ1n) is 8.84. The Kier molecular flexibility index (Phi) is 5.67. The summed E-state index contributed by atoms with van der Waals surface area (Å²) < 4.78 is 0. The first-order chi connectivity index (χ1) is 13.1. The van der Waals surface area contributed by atoms with E-state index in [0.717, 1.165) is 16.7 Å². The van der Waals surface area contributed by atoms with Crippen LogP contribution >= 0.6 is 0 Å². The quantitative estimate of drug-likeness (QED) is 0.699. The number of nitrogens with zero attached hydrogens (tertiary/aromatic N) is 1. The van der Waals surface area contributed by atoms with Crippen LogP contribution in [0.5, 0.6) is 0 Å². The molecule has 3 rings (SSSR count). The van der Waals surface area contributed by atoms with Gasteiger partial charge in [0.25, 0.3) is 0 Å². The number of anilines is 2. The molecule has 0 saturated heterocycles. The topological polar surface area (TPSA) is 49.4 Å². The van der Waals surface area contributed by atoms with E-state index in [-0.39, 0.29) is 0 Å². The third-order valence-corrected chi connectivity index (χ3v) is 4.54. The van der Waals surface area contributed by atoms with Crippen molar-refractivity contribution in [2.24, 2.45) is 0 Å². The highest BCUT2D eigenvalue weighted by molar-refractivity contribution is 6.44. The third kappa shape index (κ3) is 4.42. The van der Waals surface area contributed by atoms with E-state index < -0.39 is 11.8 Å². The average Bonchev–Trinajstić information content (AvgIpc) is 2.70. The number of carbonyl (C=O) groups is 2. The highest BCUT2D eigenvalue weighted by Crippen LogP contribution is 2.20. The maximum atomic E-state index is 13.0. The van der Waals surface area contributed by atoms with Crippen LogP contribution in [-0.2, 0) is 16.1 Å². The number of hydrogen-bond acceptors (Lipinski definition) is 2. The third-order valence-electron chi connectivity index (χ3n) is 4.54. The highest BCUT2D eigenvalue weighted by atomic mass is 16.2. The van der Waals surface area contributed by atoms with Crippen molar-refractivity contribution in [3.63, 3.8) is 0 Å². The fourth-order valence-corrected chi connectivity index (χ4v) is 2.84. The minimum atomic E-state index is -0.650. The van der Waals surface area contributed by atoms with E-state index in [1.54, 1.807) is 6.07 Å². The van der Waals surface area contributed by atoms with Crippen LogP contribution in [0.1, 0.15) is 16.7 Å². The van der Waals surface area contributed by atoms with Crippen molar-refractivity contribution in [2.75, 3.05) is 10.2 Å². The van der Waals surface area contributed by atoms with Gasteiger partial charge in [0.1, 0.15) is 0 Å². The number of benzene rings is 3. The summed E-state index contributed by atoms with van der Waals surface area (Å²) in [7, 11) is 0. The molecule has 0 saturated carbocycles. The molecule has 2 amide bonds. The van der Waals surface area contributed by atoms with E-state index in [9.17, 15) is 9.59 Å². The molecule has 3 aromatic rings. The second kappa shape index (κ2) is 8.32. The molecule has 0 aliphatic carbocycles. The molecule has 0 aliphatic heterocycles. The molecule has 0 aliphatic rings. The van der Waals surface area contributed by atoms with Gasteiger partial charge in [0.15, 0.2) is 0 Å². The lowest BCUT2D eigenvalue weighted by Gasteiger charge is -2.22. The maximum absolute atomic E-state index is 13.0. The smallest absolute Gasteiger partial charge is 0.316 e. The summed E-state index contributed by atoms with van der Waals surface area (Å²) in [4.78, 5) is 27.1. The molecule has 0 atom stereocenters. The van der Waals surface area contributed by atoms with E-state index in [1.165, 1.54) is 4.90 Å². The molecule has 3 aromatic carbocycles. The van der Waals surface area contributed by atoms with Crippen LogP contribution in [0.15, 0.2) is 78.9 Å². The van der Waals surface area contributed by atoms with Crippen LogP contribution in [0.3, 0.4) is 0 Å². The molecule has 0 fully saturated rings. The van der Waals surface area contributed by atoms with Gasteiger partial charge in [0.05, 0.1) is 6.54 Å². The number of carbonyl (C=O) groups excluding carboxylic acids is 2. The van der Waals surface area contributed by atoms with Gasteiger partial charge >= 0.3 is 11.8 Å². The number of rotatable bonds is 4. The Morgan fingerprint density at radius 1 is 0.815 bits per heavy atom. The number of hydrogen-bond donors (Lipinski definition) is 1. The molecular weight excluding hydrogens is 336 g/mol. The van der Waals surface area contributed by atoms with Gasteiger partial charge in [-0.05, 0) is 48.7 Å². The number of para-hydroxylation sites is 1. The van der Waals surface area contributed by atoms with E-state index in [2.05, 4.69) is 5.32 Å². The van der Waals surface area contributed by atoms with Crippen LogP contribution in [0.4, 0.5) is 11.4 Å². The Labute approximate surface area is 159 Å². The molecule has 1 N–H and O–H groups in total. The zero-order valence-electron chi connectivity index (χ0n) is 15.5. The lowest BCUT2D eigenvalue weighted by Crippen LogP contribution is -2.39. The summed E-state index contributed by atoms with van der Waals surface area (Å²) >= 11 is 0. The molecule has 0 aromatic heterocycles. The van der Waals surface area contributed by atoms with Crippen molar-refractivity contribution in [1.29, 1.82) is 0 Å². The van der Waals surface area contributed by atoms with Gasteiger partial charge < -0.3 is 5.32 Å². The molecule has 0 unspecified atom stereocenters. The predicted octanol–water partition coefficient (Wildman–Crippen LogP) is 4.48. The van der Waals surface area contributed by atoms with Gasteiger partial charge in [-0.2, -0.15) is 0 Å². The SMILES string of the molecule is Cc1cccc(NC(=O)C(=O)N(Cc2ccccc2)c2ccccc2)c1C. The summed E-state index contributed by atoms with van der Waals surface area (Å²) in [5.41, 5.74) is 4.30. The van der Waals surface area contributed by atoms with Gasteiger partial charge in [-0.1, -0.05) is 60.7 Å². The molecule has 0 spiro atoms. The summed E-state index contributed by atoms with van der Waals surface area (Å²) in [5, 5.41) is 2.76. The fourth-order valence-electron chi connectivity index (χ4n) is 2.84. The zero-order chi connectivity index (χ0) is 19.2. The minimum absolute atomic E-state index is 0.323. The monoisotopic (exact) mass is 358 g/mol. The second-order valence-corrected chi connectivity index (χ2v) is 6.41. The zero-order valence-corrected chi connectivity index (χ0v) is 15.5. The van der Waals surface area contributed by atoms with Crippen LogP contribution in [0, 0.1) is 13.8 Å².